The summed E-state index contributed by atoms with van der Waals surface area (Å²) in [5.74, 6) is -0.169. The molecule has 1 saturated heterocycles. The van der Waals surface area contributed by atoms with Crippen molar-refractivity contribution in [3.8, 4) is 5.75 Å². The summed E-state index contributed by atoms with van der Waals surface area (Å²) in [6, 6.07) is 4.22. The zero-order chi connectivity index (χ0) is 13.1. The Bertz CT molecular complexity index is 450. The van der Waals surface area contributed by atoms with E-state index in [9.17, 15) is 9.18 Å². The molecule has 4 nitrogen and oxygen atoms in total. The Kier molecular flexibility index (Phi) is 3.81. The van der Waals surface area contributed by atoms with Crippen molar-refractivity contribution in [2.24, 2.45) is 0 Å². The molecule has 0 saturated carbocycles. The molecule has 2 unspecified atom stereocenters. The summed E-state index contributed by atoms with van der Waals surface area (Å²) < 4.78 is 23.7. The molecule has 1 aliphatic heterocycles. The van der Waals surface area contributed by atoms with Crippen molar-refractivity contribution in [2.75, 3.05) is 13.7 Å². The Hall–Kier alpha value is -1.62. The molecule has 1 aromatic carbocycles. The van der Waals surface area contributed by atoms with E-state index in [1.165, 1.54) is 12.1 Å². The first-order valence-electron chi connectivity index (χ1n) is 5.92. The summed E-state index contributed by atoms with van der Waals surface area (Å²) in [7, 11) is 1.78. The van der Waals surface area contributed by atoms with Crippen LogP contribution in [0.2, 0.25) is 0 Å². The maximum atomic E-state index is 13.3. The van der Waals surface area contributed by atoms with Gasteiger partial charge in [-0.15, -0.1) is 0 Å². The van der Waals surface area contributed by atoms with E-state index < -0.39 is 6.10 Å². The van der Waals surface area contributed by atoms with Crippen molar-refractivity contribution in [1.82, 2.24) is 5.32 Å². The molecule has 0 amide bonds. The molecule has 18 heavy (non-hydrogen) atoms. The van der Waals surface area contributed by atoms with Crippen molar-refractivity contribution < 1.29 is 18.7 Å². The van der Waals surface area contributed by atoms with E-state index in [4.69, 9.17) is 9.47 Å². The lowest BCUT2D eigenvalue weighted by atomic mass is 10.1. The van der Waals surface area contributed by atoms with Crippen molar-refractivity contribution in [1.29, 1.82) is 0 Å². The molecule has 2 atom stereocenters. The van der Waals surface area contributed by atoms with Crippen LogP contribution in [0, 0.1) is 5.82 Å². The average molecular weight is 253 g/mol. The van der Waals surface area contributed by atoms with Crippen molar-refractivity contribution in [3.05, 3.63) is 29.6 Å². The van der Waals surface area contributed by atoms with Crippen molar-refractivity contribution in [2.45, 2.75) is 25.5 Å². The standard InChI is InChI=1S/C13H16FNO3/c1-8(15-2)10-7-9(14)3-4-11(10)18-12-5-6-17-13(12)16/h3-4,7-8,12,15H,5-6H2,1-2H3. The Morgan fingerprint density at radius 3 is 2.94 bits per heavy atom. The molecule has 5 heteroatoms. The number of hydrogen-bond acceptors (Lipinski definition) is 4. The molecule has 2 rings (SSSR count). The number of rotatable bonds is 4. The summed E-state index contributed by atoms with van der Waals surface area (Å²) in [5, 5.41) is 3.02. The fourth-order valence-corrected chi connectivity index (χ4v) is 1.86. The summed E-state index contributed by atoms with van der Waals surface area (Å²) in [4.78, 5) is 11.4. The van der Waals surface area contributed by atoms with Crippen LogP contribution in [0.3, 0.4) is 0 Å². The Morgan fingerprint density at radius 1 is 1.56 bits per heavy atom. The molecule has 0 bridgehead atoms. The third-order valence-corrected chi connectivity index (χ3v) is 3.03. The molecule has 0 aliphatic carbocycles. The summed E-state index contributed by atoms with van der Waals surface area (Å²) >= 11 is 0. The van der Waals surface area contributed by atoms with Crippen LogP contribution in [0.5, 0.6) is 5.75 Å². The number of esters is 1. The van der Waals surface area contributed by atoms with Gasteiger partial charge in [0.15, 0.2) is 6.10 Å². The van der Waals surface area contributed by atoms with E-state index in [1.54, 1.807) is 13.1 Å². The van der Waals surface area contributed by atoms with Crippen LogP contribution in [-0.2, 0) is 9.53 Å². The second-order valence-electron chi connectivity index (χ2n) is 4.26. The van der Waals surface area contributed by atoms with Crippen LogP contribution in [0.1, 0.15) is 24.9 Å². The molecule has 1 N–H and O–H groups in total. The molecule has 1 fully saturated rings. The molecule has 1 aliphatic rings. The van der Waals surface area contributed by atoms with Gasteiger partial charge in [-0.2, -0.15) is 0 Å². The molecule has 1 heterocycles. The van der Waals surface area contributed by atoms with E-state index >= 15 is 0 Å². The van der Waals surface area contributed by atoms with E-state index in [-0.39, 0.29) is 17.8 Å². The third-order valence-electron chi connectivity index (χ3n) is 3.03. The van der Waals surface area contributed by atoms with Crippen molar-refractivity contribution in [3.63, 3.8) is 0 Å². The first kappa shape index (κ1) is 12.8. The number of cyclic esters (lactones) is 1. The molecular weight excluding hydrogens is 237 g/mol. The van der Waals surface area contributed by atoms with Gasteiger partial charge in [0.05, 0.1) is 6.61 Å². The van der Waals surface area contributed by atoms with E-state index in [0.717, 1.165) is 0 Å². The van der Waals surface area contributed by atoms with Crippen LogP contribution in [0.25, 0.3) is 0 Å². The van der Waals surface area contributed by atoms with Gasteiger partial charge in [-0.3, -0.25) is 0 Å². The smallest absolute Gasteiger partial charge is 0.347 e. The van der Waals surface area contributed by atoms with Gasteiger partial charge in [-0.1, -0.05) is 0 Å². The second kappa shape index (κ2) is 5.35. The fraction of sp³-hybridized carbons (Fsp3) is 0.462. The number of carbonyl (C=O) groups is 1. The van der Waals surface area contributed by atoms with Gasteiger partial charge in [-0.05, 0) is 32.2 Å². The van der Waals surface area contributed by atoms with Gasteiger partial charge in [0.25, 0.3) is 0 Å². The van der Waals surface area contributed by atoms with E-state index in [0.29, 0.717) is 24.3 Å². The van der Waals surface area contributed by atoms with Crippen LogP contribution < -0.4 is 10.1 Å². The van der Waals surface area contributed by atoms with E-state index in [2.05, 4.69) is 5.32 Å². The summed E-state index contributed by atoms with van der Waals surface area (Å²) in [5.41, 5.74) is 0.692. The fourth-order valence-electron chi connectivity index (χ4n) is 1.86. The third kappa shape index (κ3) is 2.61. The molecule has 0 spiro atoms. The molecule has 98 valence electrons. The van der Waals surface area contributed by atoms with Gasteiger partial charge in [0, 0.05) is 18.0 Å². The Labute approximate surface area is 105 Å². The van der Waals surface area contributed by atoms with Crippen LogP contribution in [0.4, 0.5) is 4.39 Å². The molecule has 0 radical (unpaired) electrons. The first-order valence-corrected chi connectivity index (χ1v) is 5.92. The number of carbonyl (C=O) groups excluding carboxylic acids is 1. The zero-order valence-electron chi connectivity index (χ0n) is 10.4. The predicted molar refractivity (Wildman–Crippen MR) is 63.9 cm³/mol. The van der Waals surface area contributed by atoms with Crippen LogP contribution in [-0.4, -0.2) is 25.7 Å². The maximum Gasteiger partial charge on any atom is 0.347 e. The lowest BCUT2D eigenvalue weighted by Crippen LogP contribution is -2.23. The highest BCUT2D eigenvalue weighted by atomic mass is 19.1. The molecule has 0 aromatic heterocycles. The first-order chi connectivity index (χ1) is 8.61. The summed E-state index contributed by atoms with van der Waals surface area (Å²) in [6.07, 6.45) is -0.0536. The number of ether oxygens (including phenoxy) is 2. The predicted octanol–water partition coefficient (Wildman–Crippen LogP) is 1.80. The minimum atomic E-state index is -0.585. The number of hydrogen-bond donors (Lipinski definition) is 1. The highest BCUT2D eigenvalue weighted by Gasteiger charge is 2.29. The Balaban J connectivity index is 2.23. The normalized spacial score (nSPS) is 20.6. The number of benzene rings is 1. The highest BCUT2D eigenvalue weighted by molar-refractivity contribution is 5.76. The molecular formula is C13H16FNO3. The monoisotopic (exact) mass is 253 g/mol. The average Bonchev–Trinajstić information content (AvgIpc) is 2.76. The van der Waals surface area contributed by atoms with Gasteiger partial charge in [-0.25, -0.2) is 9.18 Å². The lowest BCUT2D eigenvalue weighted by molar-refractivity contribution is -0.143. The highest BCUT2D eigenvalue weighted by Crippen LogP contribution is 2.28. The topological polar surface area (TPSA) is 47.6 Å². The van der Waals surface area contributed by atoms with Gasteiger partial charge in [0.2, 0.25) is 0 Å². The van der Waals surface area contributed by atoms with Gasteiger partial charge in [0.1, 0.15) is 11.6 Å². The number of nitrogens with one attached hydrogen (secondary N) is 1. The second-order valence-corrected chi connectivity index (χ2v) is 4.26. The largest absolute Gasteiger partial charge is 0.478 e. The number of halogens is 1. The minimum Gasteiger partial charge on any atom is -0.478 e. The summed E-state index contributed by atoms with van der Waals surface area (Å²) in [6.45, 7) is 2.27. The molecule has 1 aromatic rings. The maximum absolute atomic E-state index is 13.3. The van der Waals surface area contributed by atoms with Gasteiger partial charge >= 0.3 is 5.97 Å². The lowest BCUT2D eigenvalue weighted by Gasteiger charge is -2.18. The Morgan fingerprint density at radius 2 is 2.33 bits per heavy atom. The quantitative estimate of drug-likeness (QED) is 0.831. The van der Waals surface area contributed by atoms with Crippen molar-refractivity contribution >= 4 is 5.97 Å². The van der Waals surface area contributed by atoms with Gasteiger partial charge < -0.3 is 14.8 Å². The SMILES string of the molecule is CNC(C)c1cc(F)ccc1OC1CCOC1=O. The minimum absolute atomic E-state index is 0.0619. The van der Waals surface area contributed by atoms with Crippen LogP contribution >= 0.6 is 0 Å². The zero-order valence-corrected chi connectivity index (χ0v) is 10.4. The van der Waals surface area contributed by atoms with E-state index in [1.807, 2.05) is 6.92 Å². The van der Waals surface area contributed by atoms with Crippen LogP contribution in [0.15, 0.2) is 18.2 Å².